The molecule has 0 bridgehead atoms. The van der Waals surface area contributed by atoms with Gasteiger partial charge in [0.05, 0.1) is 11.6 Å². The van der Waals surface area contributed by atoms with Gasteiger partial charge in [0, 0.05) is 19.3 Å². The molecule has 0 spiro atoms. The number of benzene rings is 1. The molecule has 0 aromatic heterocycles. The van der Waals surface area contributed by atoms with Crippen molar-refractivity contribution in [3.63, 3.8) is 0 Å². The molecule has 1 aromatic carbocycles. The van der Waals surface area contributed by atoms with Crippen LogP contribution in [-0.4, -0.2) is 13.6 Å². The van der Waals surface area contributed by atoms with E-state index in [1.165, 1.54) is 5.69 Å². The minimum Gasteiger partial charge on any atom is -0.375 e. The monoisotopic (exact) mass is 174 g/mol. The van der Waals surface area contributed by atoms with Gasteiger partial charge >= 0.3 is 0 Å². The molecule has 0 saturated heterocycles. The van der Waals surface area contributed by atoms with E-state index in [1.807, 2.05) is 32.2 Å². The largest absolute Gasteiger partial charge is 0.375 e. The summed E-state index contributed by atoms with van der Waals surface area (Å²) in [6.07, 6.45) is 0. The van der Waals surface area contributed by atoms with Gasteiger partial charge in [0.25, 0.3) is 0 Å². The Kier molecular flexibility index (Phi) is 2.92. The molecule has 1 aromatic rings. The molecule has 0 radical (unpaired) electrons. The molecule has 0 N–H and O–H groups in total. The van der Waals surface area contributed by atoms with Crippen LogP contribution in [0.4, 0.5) is 5.69 Å². The van der Waals surface area contributed by atoms with Crippen molar-refractivity contribution >= 4 is 5.69 Å². The summed E-state index contributed by atoms with van der Waals surface area (Å²) in [5.74, 6) is 0. The summed E-state index contributed by atoms with van der Waals surface area (Å²) in [5.41, 5.74) is 2.97. The molecule has 0 heterocycles. The second-order valence-corrected chi connectivity index (χ2v) is 3.13. The third kappa shape index (κ3) is 2.00. The Morgan fingerprint density at radius 2 is 2.15 bits per heavy atom. The van der Waals surface area contributed by atoms with Crippen LogP contribution in [-0.2, 0) is 0 Å². The highest BCUT2D eigenvalue weighted by atomic mass is 15.1. The van der Waals surface area contributed by atoms with E-state index in [9.17, 15) is 0 Å². The van der Waals surface area contributed by atoms with Crippen molar-refractivity contribution < 1.29 is 0 Å². The lowest BCUT2D eigenvalue weighted by Crippen LogP contribution is -2.15. The summed E-state index contributed by atoms with van der Waals surface area (Å²) in [4.78, 5) is 2.15. The van der Waals surface area contributed by atoms with Crippen molar-refractivity contribution in [1.82, 2.24) is 0 Å². The van der Waals surface area contributed by atoms with E-state index in [0.717, 1.165) is 17.7 Å². The lowest BCUT2D eigenvalue weighted by molar-refractivity contribution is 0.966. The Bertz CT molecular complexity index is 336. The Morgan fingerprint density at radius 3 is 2.62 bits per heavy atom. The molecule has 2 nitrogen and oxygen atoms in total. The fourth-order valence-corrected chi connectivity index (χ4v) is 1.19. The molecular weight excluding hydrogens is 160 g/mol. The van der Waals surface area contributed by atoms with Crippen LogP contribution in [0.15, 0.2) is 18.2 Å². The van der Waals surface area contributed by atoms with E-state index in [4.69, 9.17) is 5.26 Å². The quantitative estimate of drug-likeness (QED) is 0.688. The van der Waals surface area contributed by atoms with Gasteiger partial charge in [-0.3, -0.25) is 0 Å². The van der Waals surface area contributed by atoms with Crippen molar-refractivity contribution in [3.8, 4) is 6.07 Å². The third-order valence-electron chi connectivity index (χ3n) is 2.25. The second-order valence-electron chi connectivity index (χ2n) is 3.13. The fraction of sp³-hybridized carbons (Fsp3) is 0.364. The van der Waals surface area contributed by atoms with Crippen molar-refractivity contribution in [2.75, 3.05) is 18.5 Å². The van der Waals surface area contributed by atoms with E-state index in [2.05, 4.69) is 17.9 Å². The van der Waals surface area contributed by atoms with Crippen LogP contribution in [0, 0.1) is 18.3 Å². The molecule has 0 aliphatic heterocycles. The molecule has 0 atom stereocenters. The number of aryl methyl sites for hydroxylation is 1. The van der Waals surface area contributed by atoms with Gasteiger partial charge in [0.1, 0.15) is 0 Å². The van der Waals surface area contributed by atoms with Gasteiger partial charge in [0.2, 0.25) is 0 Å². The lowest BCUT2D eigenvalue weighted by atomic mass is 10.1. The molecule has 0 fully saturated rings. The average molecular weight is 174 g/mol. The first kappa shape index (κ1) is 9.60. The molecule has 0 aliphatic carbocycles. The predicted molar refractivity (Wildman–Crippen MR) is 54.8 cm³/mol. The maximum absolute atomic E-state index is 8.74. The molecule has 0 unspecified atom stereocenters. The normalized spacial score (nSPS) is 9.38. The smallest absolute Gasteiger partial charge is 0.0994 e. The van der Waals surface area contributed by atoms with Crippen molar-refractivity contribution in [3.05, 3.63) is 29.3 Å². The van der Waals surface area contributed by atoms with Crippen molar-refractivity contribution in [2.45, 2.75) is 13.8 Å². The van der Waals surface area contributed by atoms with Crippen molar-refractivity contribution in [1.29, 1.82) is 5.26 Å². The number of nitriles is 1. The summed E-state index contributed by atoms with van der Waals surface area (Å²) in [5, 5.41) is 8.74. The second kappa shape index (κ2) is 3.95. The average Bonchev–Trinajstić information content (AvgIpc) is 2.16. The Morgan fingerprint density at radius 1 is 1.46 bits per heavy atom. The van der Waals surface area contributed by atoms with Gasteiger partial charge in [-0.25, -0.2) is 0 Å². The van der Waals surface area contributed by atoms with Crippen LogP contribution in [0.25, 0.3) is 0 Å². The molecule has 1 rings (SSSR count). The Labute approximate surface area is 79.4 Å². The predicted octanol–water partition coefficient (Wildman–Crippen LogP) is 2.32. The SMILES string of the molecule is CCN(C)c1ccc(C#N)c(C)c1. The summed E-state index contributed by atoms with van der Waals surface area (Å²) < 4.78 is 0. The van der Waals surface area contributed by atoms with Crippen LogP contribution < -0.4 is 4.90 Å². The molecule has 68 valence electrons. The topological polar surface area (TPSA) is 27.0 Å². The standard InChI is InChI=1S/C11H14N2/c1-4-13(3)11-6-5-10(8-12)9(2)7-11/h5-7H,4H2,1-3H3. The minimum atomic E-state index is 0.758. The van der Waals surface area contributed by atoms with Gasteiger partial charge in [-0.1, -0.05) is 0 Å². The fourth-order valence-electron chi connectivity index (χ4n) is 1.19. The Balaban J connectivity index is 3.04. The highest BCUT2D eigenvalue weighted by Crippen LogP contribution is 2.17. The zero-order valence-corrected chi connectivity index (χ0v) is 8.33. The van der Waals surface area contributed by atoms with E-state index < -0.39 is 0 Å². The Hall–Kier alpha value is -1.49. The van der Waals surface area contributed by atoms with Crippen LogP contribution >= 0.6 is 0 Å². The summed E-state index contributed by atoms with van der Waals surface area (Å²) in [6, 6.07) is 8.06. The molecule has 0 amide bonds. The third-order valence-corrected chi connectivity index (χ3v) is 2.25. The summed E-state index contributed by atoms with van der Waals surface area (Å²) in [7, 11) is 2.04. The molecular formula is C11H14N2. The van der Waals surface area contributed by atoms with Crippen molar-refractivity contribution in [2.24, 2.45) is 0 Å². The zero-order chi connectivity index (χ0) is 9.84. The van der Waals surface area contributed by atoms with E-state index in [-0.39, 0.29) is 0 Å². The van der Waals surface area contributed by atoms with Gasteiger partial charge in [0.15, 0.2) is 0 Å². The highest BCUT2D eigenvalue weighted by Gasteiger charge is 2.01. The number of anilines is 1. The number of hydrogen-bond acceptors (Lipinski definition) is 2. The maximum atomic E-state index is 8.74. The number of hydrogen-bond donors (Lipinski definition) is 0. The number of nitrogens with zero attached hydrogens (tertiary/aromatic N) is 2. The molecule has 2 heteroatoms. The van der Waals surface area contributed by atoms with E-state index in [1.54, 1.807) is 0 Å². The maximum Gasteiger partial charge on any atom is 0.0994 e. The molecule has 13 heavy (non-hydrogen) atoms. The summed E-state index contributed by atoms with van der Waals surface area (Å²) in [6.45, 7) is 5.05. The summed E-state index contributed by atoms with van der Waals surface area (Å²) >= 11 is 0. The van der Waals surface area contributed by atoms with Crippen LogP contribution in [0.3, 0.4) is 0 Å². The molecule has 0 saturated carbocycles. The van der Waals surface area contributed by atoms with Gasteiger partial charge < -0.3 is 4.90 Å². The minimum absolute atomic E-state index is 0.758. The lowest BCUT2D eigenvalue weighted by Gasteiger charge is -2.17. The van der Waals surface area contributed by atoms with E-state index in [0.29, 0.717) is 0 Å². The van der Waals surface area contributed by atoms with Crippen LogP contribution in [0.1, 0.15) is 18.1 Å². The van der Waals surface area contributed by atoms with Crippen LogP contribution in [0.2, 0.25) is 0 Å². The zero-order valence-electron chi connectivity index (χ0n) is 8.33. The van der Waals surface area contributed by atoms with Gasteiger partial charge in [-0.2, -0.15) is 5.26 Å². The van der Waals surface area contributed by atoms with Crippen LogP contribution in [0.5, 0.6) is 0 Å². The highest BCUT2D eigenvalue weighted by molar-refractivity contribution is 5.52. The number of rotatable bonds is 2. The van der Waals surface area contributed by atoms with Gasteiger partial charge in [-0.15, -0.1) is 0 Å². The van der Waals surface area contributed by atoms with E-state index >= 15 is 0 Å². The first-order valence-electron chi connectivity index (χ1n) is 4.41. The first-order chi connectivity index (χ1) is 6.19. The molecule has 0 aliphatic rings. The first-order valence-corrected chi connectivity index (χ1v) is 4.41. The van der Waals surface area contributed by atoms with Gasteiger partial charge in [-0.05, 0) is 37.6 Å².